The number of anilines is 2. The lowest BCUT2D eigenvalue weighted by atomic mass is 9.94. The van der Waals surface area contributed by atoms with E-state index >= 15 is 0 Å². The normalized spacial score (nSPS) is 13.1. The Morgan fingerprint density at radius 1 is 0.880 bits per heavy atom. The molecule has 0 fully saturated rings. The van der Waals surface area contributed by atoms with Gasteiger partial charge in [0.05, 0.1) is 6.04 Å². The monoisotopic (exact) mass is 329 g/mol. The van der Waals surface area contributed by atoms with Crippen LogP contribution < -0.4 is 16.8 Å². The summed E-state index contributed by atoms with van der Waals surface area (Å²) in [6.07, 6.45) is 6.00. The minimum Gasteiger partial charge on any atom is -0.383 e. The molecule has 1 aliphatic rings. The van der Waals surface area contributed by atoms with Gasteiger partial charge in [-0.15, -0.1) is 0 Å². The van der Waals surface area contributed by atoms with Crippen molar-refractivity contribution in [2.45, 2.75) is 12.6 Å². The fourth-order valence-electron chi connectivity index (χ4n) is 3.20. The molecule has 0 saturated heterocycles. The van der Waals surface area contributed by atoms with Crippen LogP contribution in [0.1, 0.15) is 33.9 Å². The molecule has 0 amide bonds. The summed E-state index contributed by atoms with van der Waals surface area (Å²) in [6.45, 7) is 0.555. The molecule has 3 aromatic rings. The van der Waals surface area contributed by atoms with Gasteiger partial charge in [0.15, 0.2) is 0 Å². The molecule has 0 aliphatic heterocycles. The number of aromatic nitrogens is 2. The third-order valence-corrected chi connectivity index (χ3v) is 4.47. The Morgan fingerprint density at radius 3 is 2.08 bits per heavy atom. The molecule has 25 heavy (non-hydrogen) atoms. The molecule has 4 rings (SSSR count). The van der Waals surface area contributed by atoms with Crippen LogP contribution in [0, 0.1) is 0 Å². The molecule has 0 bridgehead atoms. The summed E-state index contributed by atoms with van der Waals surface area (Å²) in [5, 5.41) is 3.61. The number of rotatable bonds is 3. The number of nitrogens with two attached hydrogens (primary N) is 2. The number of nitrogens with zero attached hydrogens (tertiary/aromatic N) is 2. The van der Waals surface area contributed by atoms with E-state index in [4.69, 9.17) is 11.5 Å². The van der Waals surface area contributed by atoms with Crippen molar-refractivity contribution in [2.24, 2.45) is 0 Å². The van der Waals surface area contributed by atoms with Gasteiger partial charge in [0, 0.05) is 18.3 Å². The highest BCUT2D eigenvalue weighted by molar-refractivity contribution is 5.76. The van der Waals surface area contributed by atoms with Crippen LogP contribution in [0.4, 0.5) is 11.8 Å². The number of nitrogen functional groups attached to an aromatic ring is 2. The summed E-state index contributed by atoms with van der Waals surface area (Å²) in [7, 11) is 0. The zero-order chi connectivity index (χ0) is 17.2. The highest BCUT2D eigenvalue weighted by Crippen LogP contribution is 2.33. The minimum atomic E-state index is 0.0550. The molecule has 0 unspecified atom stereocenters. The molecule has 124 valence electrons. The molecular weight excluding hydrogens is 310 g/mol. The molecule has 5 N–H and O–H groups in total. The summed E-state index contributed by atoms with van der Waals surface area (Å²) >= 11 is 0. The SMILES string of the molecule is Nc1ncc(CNC2c3ccccc3C=Cc3ccccc32)c(N)n1. The summed E-state index contributed by atoms with van der Waals surface area (Å²) in [6, 6.07) is 16.9. The Hall–Kier alpha value is -3.18. The van der Waals surface area contributed by atoms with Crippen molar-refractivity contribution in [2.75, 3.05) is 11.5 Å². The van der Waals surface area contributed by atoms with Gasteiger partial charge >= 0.3 is 0 Å². The van der Waals surface area contributed by atoms with Gasteiger partial charge in [-0.1, -0.05) is 60.7 Å². The fraction of sp³-hybridized carbons (Fsp3) is 0.100. The van der Waals surface area contributed by atoms with E-state index in [1.54, 1.807) is 6.20 Å². The first-order valence-corrected chi connectivity index (χ1v) is 8.18. The number of hydrogen-bond donors (Lipinski definition) is 3. The molecule has 2 aromatic carbocycles. The highest BCUT2D eigenvalue weighted by Gasteiger charge is 2.21. The first-order chi connectivity index (χ1) is 12.2. The van der Waals surface area contributed by atoms with Crippen LogP contribution >= 0.6 is 0 Å². The van der Waals surface area contributed by atoms with Crippen molar-refractivity contribution in [1.29, 1.82) is 0 Å². The lowest BCUT2D eigenvalue weighted by molar-refractivity contribution is 0.603. The maximum absolute atomic E-state index is 5.97. The molecule has 5 heteroatoms. The van der Waals surface area contributed by atoms with Gasteiger partial charge in [-0.25, -0.2) is 4.98 Å². The van der Waals surface area contributed by atoms with Crippen molar-refractivity contribution in [1.82, 2.24) is 15.3 Å². The number of hydrogen-bond acceptors (Lipinski definition) is 5. The van der Waals surface area contributed by atoms with E-state index < -0.39 is 0 Å². The van der Waals surface area contributed by atoms with Gasteiger partial charge < -0.3 is 16.8 Å². The van der Waals surface area contributed by atoms with Crippen LogP contribution in [0.15, 0.2) is 54.7 Å². The van der Waals surface area contributed by atoms with Gasteiger partial charge in [0.2, 0.25) is 5.95 Å². The number of fused-ring (bicyclic) bond motifs is 2. The van der Waals surface area contributed by atoms with Crippen LogP contribution in [0.3, 0.4) is 0 Å². The van der Waals surface area contributed by atoms with Crippen molar-refractivity contribution >= 4 is 23.9 Å². The van der Waals surface area contributed by atoms with Gasteiger partial charge in [0.25, 0.3) is 0 Å². The average molecular weight is 329 g/mol. The summed E-state index contributed by atoms with van der Waals surface area (Å²) < 4.78 is 0. The van der Waals surface area contributed by atoms with E-state index in [2.05, 4.69) is 76.0 Å². The predicted molar refractivity (Wildman–Crippen MR) is 101 cm³/mol. The molecular formula is C20H19N5. The zero-order valence-electron chi connectivity index (χ0n) is 13.7. The fourth-order valence-corrected chi connectivity index (χ4v) is 3.20. The summed E-state index contributed by atoms with van der Waals surface area (Å²) in [5.74, 6) is 0.601. The van der Waals surface area contributed by atoms with Crippen LogP contribution in [-0.2, 0) is 6.54 Å². The van der Waals surface area contributed by atoms with Crippen LogP contribution in [0.2, 0.25) is 0 Å². The Balaban J connectivity index is 1.71. The molecule has 1 heterocycles. The van der Waals surface area contributed by atoms with E-state index in [0.29, 0.717) is 12.4 Å². The first kappa shape index (κ1) is 15.4. The number of nitrogens with one attached hydrogen (secondary N) is 1. The van der Waals surface area contributed by atoms with E-state index in [9.17, 15) is 0 Å². The molecule has 1 aromatic heterocycles. The average Bonchev–Trinajstić information content (AvgIpc) is 2.78. The lowest BCUT2D eigenvalue weighted by Crippen LogP contribution is -2.24. The Bertz CT molecular complexity index is 899. The Labute approximate surface area is 146 Å². The van der Waals surface area contributed by atoms with Gasteiger partial charge in [0.1, 0.15) is 5.82 Å². The Morgan fingerprint density at radius 2 is 1.48 bits per heavy atom. The first-order valence-electron chi connectivity index (χ1n) is 8.18. The van der Waals surface area contributed by atoms with Crippen LogP contribution in [0.5, 0.6) is 0 Å². The second kappa shape index (κ2) is 6.37. The molecule has 1 aliphatic carbocycles. The maximum atomic E-state index is 5.97. The van der Waals surface area contributed by atoms with Crippen molar-refractivity contribution in [3.8, 4) is 0 Å². The second-order valence-electron chi connectivity index (χ2n) is 6.04. The van der Waals surface area contributed by atoms with Gasteiger partial charge in [-0.3, -0.25) is 0 Å². The topological polar surface area (TPSA) is 89.8 Å². The van der Waals surface area contributed by atoms with Gasteiger partial charge in [-0.2, -0.15) is 4.98 Å². The number of benzene rings is 2. The molecule has 0 radical (unpaired) electrons. The van der Waals surface area contributed by atoms with E-state index in [0.717, 1.165) is 5.56 Å². The Kier molecular flexibility index (Phi) is 3.91. The molecule has 5 nitrogen and oxygen atoms in total. The highest BCUT2D eigenvalue weighted by atomic mass is 15.0. The van der Waals surface area contributed by atoms with Crippen molar-refractivity contribution in [3.05, 3.63) is 82.5 Å². The predicted octanol–water partition coefficient (Wildman–Crippen LogP) is 3.00. The van der Waals surface area contributed by atoms with Crippen molar-refractivity contribution < 1.29 is 0 Å². The minimum absolute atomic E-state index is 0.0550. The zero-order valence-corrected chi connectivity index (χ0v) is 13.7. The largest absolute Gasteiger partial charge is 0.383 e. The van der Waals surface area contributed by atoms with E-state index in [-0.39, 0.29) is 12.0 Å². The third-order valence-electron chi connectivity index (χ3n) is 4.47. The standard InChI is InChI=1S/C20H19N5/c21-19-15(12-24-20(22)25-19)11-23-18-16-7-3-1-5-13(16)9-10-14-6-2-4-8-17(14)18/h1-10,12,18,23H,11H2,(H4,21,22,24,25). The second-order valence-corrected chi connectivity index (χ2v) is 6.04. The molecule has 0 atom stereocenters. The third kappa shape index (κ3) is 2.97. The quantitative estimate of drug-likeness (QED) is 0.687. The van der Waals surface area contributed by atoms with Gasteiger partial charge in [-0.05, 0) is 22.3 Å². The maximum Gasteiger partial charge on any atom is 0.221 e. The van der Waals surface area contributed by atoms with E-state index in [1.807, 2.05) is 0 Å². The van der Waals surface area contributed by atoms with E-state index in [1.165, 1.54) is 22.3 Å². The molecule has 0 spiro atoms. The summed E-state index contributed by atoms with van der Waals surface area (Å²) in [5.41, 5.74) is 17.3. The molecule has 0 saturated carbocycles. The summed E-state index contributed by atoms with van der Waals surface area (Å²) in [4.78, 5) is 8.08. The van der Waals surface area contributed by atoms with Crippen molar-refractivity contribution in [3.63, 3.8) is 0 Å². The lowest BCUT2D eigenvalue weighted by Gasteiger charge is -2.22. The van der Waals surface area contributed by atoms with Crippen LogP contribution in [0.25, 0.3) is 12.2 Å². The smallest absolute Gasteiger partial charge is 0.221 e. The van der Waals surface area contributed by atoms with Crippen LogP contribution in [-0.4, -0.2) is 9.97 Å².